The second-order valence-corrected chi connectivity index (χ2v) is 3.88. The SMILES string of the molecule is CCN(CCC(=O)OC)c1cc(O)ccc1C. The van der Waals surface area contributed by atoms with E-state index in [1.165, 1.54) is 7.11 Å². The number of aromatic hydroxyl groups is 1. The zero-order chi connectivity index (χ0) is 12.8. The van der Waals surface area contributed by atoms with Gasteiger partial charge in [0.2, 0.25) is 0 Å². The number of ether oxygens (including phenoxy) is 1. The molecule has 0 aromatic heterocycles. The summed E-state index contributed by atoms with van der Waals surface area (Å²) >= 11 is 0. The molecular formula is C13H19NO3. The van der Waals surface area contributed by atoms with Crippen molar-refractivity contribution in [1.82, 2.24) is 0 Å². The lowest BCUT2D eigenvalue weighted by molar-refractivity contribution is -0.140. The molecule has 1 N–H and O–H groups in total. The fourth-order valence-electron chi connectivity index (χ4n) is 1.72. The number of carbonyl (C=O) groups excluding carboxylic acids is 1. The van der Waals surface area contributed by atoms with Crippen LogP contribution in [0.15, 0.2) is 18.2 Å². The highest BCUT2D eigenvalue weighted by atomic mass is 16.5. The summed E-state index contributed by atoms with van der Waals surface area (Å²) in [6, 6.07) is 5.24. The first-order valence-electron chi connectivity index (χ1n) is 5.69. The first-order valence-corrected chi connectivity index (χ1v) is 5.69. The van der Waals surface area contributed by atoms with Crippen molar-refractivity contribution in [3.05, 3.63) is 23.8 Å². The Bertz CT molecular complexity index is 390. The summed E-state index contributed by atoms with van der Waals surface area (Å²) in [7, 11) is 1.39. The molecule has 0 unspecified atom stereocenters. The van der Waals surface area contributed by atoms with Crippen LogP contribution < -0.4 is 4.90 Å². The van der Waals surface area contributed by atoms with E-state index in [2.05, 4.69) is 4.74 Å². The summed E-state index contributed by atoms with van der Waals surface area (Å²) in [5.41, 5.74) is 2.03. The van der Waals surface area contributed by atoms with E-state index < -0.39 is 0 Å². The Morgan fingerprint density at radius 2 is 2.18 bits per heavy atom. The Morgan fingerprint density at radius 1 is 1.47 bits per heavy atom. The van der Waals surface area contributed by atoms with Gasteiger partial charge < -0.3 is 14.7 Å². The molecule has 1 rings (SSSR count). The normalized spacial score (nSPS) is 10.1. The number of anilines is 1. The van der Waals surface area contributed by atoms with E-state index >= 15 is 0 Å². The van der Waals surface area contributed by atoms with Crippen LogP contribution in [0.3, 0.4) is 0 Å². The summed E-state index contributed by atoms with van der Waals surface area (Å²) in [4.78, 5) is 13.2. The number of benzene rings is 1. The predicted octanol–water partition coefficient (Wildman–Crippen LogP) is 2.09. The Labute approximate surface area is 102 Å². The summed E-state index contributed by atoms with van der Waals surface area (Å²) in [6.07, 6.45) is 0.347. The van der Waals surface area contributed by atoms with Gasteiger partial charge in [0.15, 0.2) is 0 Å². The van der Waals surface area contributed by atoms with Crippen molar-refractivity contribution in [2.45, 2.75) is 20.3 Å². The molecule has 0 aliphatic carbocycles. The van der Waals surface area contributed by atoms with Crippen molar-refractivity contribution in [2.24, 2.45) is 0 Å². The number of hydrogen-bond donors (Lipinski definition) is 1. The van der Waals surface area contributed by atoms with Crippen molar-refractivity contribution in [3.8, 4) is 5.75 Å². The van der Waals surface area contributed by atoms with Crippen molar-refractivity contribution in [1.29, 1.82) is 0 Å². The van der Waals surface area contributed by atoms with Gasteiger partial charge in [0.25, 0.3) is 0 Å². The van der Waals surface area contributed by atoms with Crippen LogP contribution in [0, 0.1) is 6.92 Å². The van der Waals surface area contributed by atoms with Gasteiger partial charge in [-0.05, 0) is 25.5 Å². The maximum Gasteiger partial charge on any atom is 0.307 e. The van der Waals surface area contributed by atoms with Crippen LogP contribution in [-0.4, -0.2) is 31.3 Å². The van der Waals surface area contributed by atoms with Crippen LogP contribution in [0.25, 0.3) is 0 Å². The van der Waals surface area contributed by atoms with Gasteiger partial charge in [-0.15, -0.1) is 0 Å². The Balaban J connectivity index is 2.78. The van der Waals surface area contributed by atoms with Crippen LogP contribution >= 0.6 is 0 Å². The third-order valence-corrected chi connectivity index (χ3v) is 2.73. The molecule has 0 saturated carbocycles. The van der Waals surface area contributed by atoms with Gasteiger partial charge >= 0.3 is 5.97 Å². The van der Waals surface area contributed by atoms with Gasteiger partial charge in [-0.2, -0.15) is 0 Å². The van der Waals surface area contributed by atoms with E-state index in [1.807, 2.05) is 24.8 Å². The minimum Gasteiger partial charge on any atom is -0.508 e. The first-order chi connectivity index (χ1) is 8.08. The van der Waals surface area contributed by atoms with Crippen molar-refractivity contribution >= 4 is 11.7 Å². The molecule has 0 saturated heterocycles. The average Bonchev–Trinajstić information content (AvgIpc) is 2.33. The zero-order valence-corrected chi connectivity index (χ0v) is 10.6. The molecule has 0 aliphatic heterocycles. The van der Waals surface area contributed by atoms with E-state index in [0.29, 0.717) is 13.0 Å². The van der Waals surface area contributed by atoms with Crippen LogP contribution in [0.1, 0.15) is 18.9 Å². The minimum atomic E-state index is -0.221. The second-order valence-electron chi connectivity index (χ2n) is 3.88. The van der Waals surface area contributed by atoms with Crippen LogP contribution in [0.2, 0.25) is 0 Å². The van der Waals surface area contributed by atoms with Crippen LogP contribution in [0.4, 0.5) is 5.69 Å². The van der Waals surface area contributed by atoms with Crippen molar-refractivity contribution in [3.63, 3.8) is 0 Å². The monoisotopic (exact) mass is 237 g/mol. The van der Waals surface area contributed by atoms with E-state index in [1.54, 1.807) is 12.1 Å². The van der Waals surface area contributed by atoms with E-state index in [4.69, 9.17) is 0 Å². The van der Waals surface area contributed by atoms with Gasteiger partial charge in [0.05, 0.1) is 13.5 Å². The quantitative estimate of drug-likeness (QED) is 0.797. The van der Waals surface area contributed by atoms with Crippen LogP contribution in [0.5, 0.6) is 5.75 Å². The number of phenols is 1. The fraction of sp³-hybridized carbons (Fsp3) is 0.462. The summed E-state index contributed by atoms with van der Waals surface area (Å²) in [6.45, 7) is 5.37. The lowest BCUT2D eigenvalue weighted by atomic mass is 10.1. The van der Waals surface area contributed by atoms with E-state index in [9.17, 15) is 9.90 Å². The Kier molecular flexibility index (Phi) is 4.82. The summed E-state index contributed by atoms with van der Waals surface area (Å²) in [5, 5.41) is 9.49. The largest absolute Gasteiger partial charge is 0.508 e. The third-order valence-electron chi connectivity index (χ3n) is 2.73. The molecule has 0 spiro atoms. The molecule has 0 aliphatic rings. The van der Waals surface area contributed by atoms with Crippen molar-refractivity contribution in [2.75, 3.05) is 25.1 Å². The molecular weight excluding hydrogens is 218 g/mol. The molecule has 0 amide bonds. The molecule has 0 radical (unpaired) electrons. The number of esters is 1. The number of hydrogen-bond acceptors (Lipinski definition) is 4. The van der Waals surface area contributed by atoms with Gasteiger partial charge in [0, 0.05) is 24.8 Å². The molecule has 4 heteroatoms. The first kappa shape index (κ1) is 13.4. The summed E-state index contributed by atoms with van der Waals surface area (Å²) in [5.74, 6) is 0.0170. The highest BCUT2D eigenvalue weighted by Crippen LogP contribution is 2.24. The molecule has 0 bridgehead atoms. The van der Waals surface area contributed by atoms with Gasteiger partial charge in [-0.1, -0.05) is 6.07 Å². The van der Waals surface area contributed by atoms with Crippen molar-refractivity contribution < 1.29 is 14.6 Å². The highest BCUT2D eigenvalue weighted by molar-refractivity contribution is 5.70. The lowest BCUT2D eigenvalue weighted by Crippen LogP contribution is -2.26. The van der Waals surface area contributed by atoms with Gasteiger partial charge in [-0.3, -0.25) is 4.79 Å². The van der Waals surface area contributed by atoms with Gasteiger partial charge in [0.1, 0.15) is 5.75 Å². The molecule has 0 atom stereocenters. The Morgan fingerprint density at radius 3 is 2.76 bits per heavy atom. The Hall–Kier alpha value is -1.71. The molecule has 0 heterocycles. The fourth-order valence-corrected chi connectivity index (χ4v) is 1.72. The number of nitrogens with zero attached hydrogens (tertiary/aromatic N) is 1. The number of aryl methyl sites for hydroxylation is 1. The molecule has 17 heavy (non-hydrogen) atoms. The molecule has 1 aromatic carbocycles. The topological polar surface area (TPSA) is 49.8 Å². The van der Waals surface area contributed by atoms with E-state index in [-0.39, 0.29) is 11.7 Å². The van der Waals surface area contributed by atoms with Crippen LogP contribution in [-0.2, 0) is 9.53 Å². The molecule has 4 nitrogen and oxygen atoms in total. The smallest absolute Gasteiger partial charge is 0.307 e. The average molecular weight is 237 g/mol. The number of phenolic OH excluding ortho intramolecular Hbond substituents is 1. The number of carbonyl (C=O) groups is 1. The minimum absolute atomic E-state index is 0.221. The molecule has 94 valence electrons. The zero-order valence-electron chi connectivity index (χ0n) is 10.6. The van der Waals surface area contributed by atoms with Gasteiger partial charge in [-0.25, -0.2) is 0 Å². The second kappa shape index (κ2) is 6.13. The molecule has 0 fully saturated rings. The highest BCUT2D eigenvalue weighted by Gasteiger charge is 2.10. The molecule has 1 aromatic rings. The predicted molar refractivity (Wildman–Crippen MR) is 67.4 cm³/mol. The number of methoxy groups -OCH3 is 1. The number of rotatable bonds is 5. The third kappa shape index (κ3) is 3.66. The standard InChI is InChI=1S/C13H19NO3/c1-4-14(8-7-13(16)17-3)12-9-11(15)6-5-10(12)2/h5-6,9,15H,4,7-8H2,1-3H3. The maximum absolute atomic E-state index is 11.1. The van der Waals surface area contributed by atoms with E-state index in [0.717, 1.165) is 17.8 Å². The lowest BCUT2D eigenvalue weighted by Gasteiger charge is -2.24. The maximum atomic E-state index is 11.1. The summed E-state index contributed by atoms with van der Waals surface area (Å²) < 4.78 is 4.62.